The lowest BCUT2D eigenvalue weighted by molar-refractivity contribution is -0.524. The molecule has 1 spiro atoms. The zero-order chi connectivity index (χ0) is 16.7. The van der Waals surface area contributed by atoms with Crippen molar-refractivity contribution in [2.75, 3.05) is 0 Å². The third-order valence-corrected chi connectivity index (χ3v) is 5.72. The molecule has 2 fully saturated rings. The molecule has 2 aliphatic carbocycles. The summed E-state index contributed by atoms with van der Waals surface area (Å²) >= 11 is 0. The molecule has 1 saturated heterocycles. The zero-order valence-corrected chi connectivity index (χ0v) is 14.2. The highest BCUT2D eigenvalue weighted by atomic mass is 17.2. The molecule has 0 aromatic heterocycles. The van der Waals surface area contributed by atoms with Crippen LogP contribution in [0.5, 0.6) is 0 Å². The first-order valence-electron chi connectivity index (χ1n) is 9.16. The van der Waals surface area contributed by atoms with E-state index < -0.39 is 11.4 Å². The van der Waals surface area contributed by atoms with Gasteiger partial charge in [0.25, 0.3) is 0 Å². The number of ether oxygens (including phenoxy) is 1. The first kappa shape index (κ1) is 15.3. The van der Waals surface area contributed by atoms with Crippen molar-refractivity contribution in [3.05, 3.63) is 77.9 Å². The summed E-state index contributed by atoms with van der Waals surface area (Å²) in [6.45, 7) is 0. The van der Waals surface area contributed by atoms with E-state index >= 15 is 0 Å². The first-order chi connectivity index (χ1) is 12.3. The van der Waals surface area contributed by atoms with Gasteiger partial charge in [0.05, 0.1) is 0 Å². The predicted octanol–water partition coefficient (Wildman–Crippen LogP) is 4.99. The van der Waals surface area contributed by atoms with Crippen LogP contribution < -0.4 is 0 Å². The fourth-order valence-electron chi connectivity index (χ4n) is 4.37. The Morgan fingerprint density at radius 3 is 2.20 bits per heavy atom. The molecule has 3 aliphatic rings. The summed E-state index contributed by atoms with van der Waals surface area (Å²) in [5.74, 6) is -0.564. The summed E-state index contributed by atoms with van der Waals surface area (Å²) in [5.41, 5.74) is 2.99. The van der Waals surface area contributed by atoms with Crippen molar-refractivity contribution in [3.8, 4) is 0 Å². The number of hydrogen-bond acceptors (Lipinski definition) is 3. The smallest absolute Gasteiger partial charge is 0.202 e. The SMILES string of the molecule is C1=C(c2ccccc2)C[C@]2(c3ccccc3)OOC3(CCCC3)O[C@H]12. The van der Waals surface area contributed by atoms with Gasteiger partial charge in [-0.3, -0.25) is 0 Å². The lowest BCUT2D eigenvalue weighted by atomic mass is 9.87. The molecule has 1 heterocycles. The fourth-order valence-corrected chi connectivity index (χ4v) is 4.37. The van der Waals surface area contributed by atoms with Gasteiger partial charge in [-0.25, -0.2) is 9.78 Å². The van der Waals surface area contributed by atoms with Crippen LogP contribution in [0.1, 0.15) is 43.2 Å². The lowest BCUT2D eigenvalue weighted by Crippen LogP contribution is -2.53. The highest BCUT2D eigenvalue weighted by Gasteiger charge is 2.57. The average Bonchev–Trinajstić information content (AvgIpc) is 3.29. The van der Waals surface area contributed by atoms with Gasteiger partial charge >= 0.3 is 0 Å². The fraction of sp³-hybridized carbons (Fsp3) is 0.364. The molecule has 0 bridgehead atoms. The third-order valence-electron chi connectivity index (χ3n) is 5.72. The van der Waals surface area contributed by atoms with Gasteiger partial charge in [0.15, 0.2) is 5.60 Å². The number of fused-ring (bicyclic) bond motifs is 1. The Balaban J connectivity index is 1.56. The third kappa shape index (κ3) is 2.46. The molecule has 3 nitrogen and oxygen atoms in total. The van der Waals surface area contributed by atoms with E-state index in [0.717, 1.165) is 37.7 Å². The molecule has 2 aromatic carbocycles. The summed E-state index contributed by atoms with van der Waals surface area (Å²) < 4.78 is 6.54. The second-order valence-electron chi connectivity index (χ2n) is 7.31. The number of hydrogen-bond donors (Lipinski definition) is 0. The van der Waals surface area contributed by atoms with Crippen molar-refractivity contribution in [1.82, 2.24) is 0 Å². The van der Waals surface area contributed by atoms with Gasteiger partial charge in [-0.15, -0.1) is 0 Å². The Morgan fingerprint density at radius 1 is 0.800 bits per heavy atom. The predicted molar refractivity (Wildman–Crippen MR) is 95.4 cm³/mol. The van der Waals surface area contributed by atoms with E-state index in [1.807, 2.05) is 24.3 Å². The quantitative estimate of drug-likeness (QED) is 0.725. The molecule has 2 aromatic rings. The molecular weight excluding hydrogens is 312 g/mol. The van der Waals surface area contributed by atoms with Gasteiger partial charge in [0, 0.05) is 19.3 Å². The van der Waals surface area contributed by atoms with Gasteiger partial charge in [-0.2, -0.15) is 0 Å². The standard InChI is InChI=1S/C22H22O3/c1-3-9-17(10-4-1)18-15-20-22(16-18,19-11-5-2-6-12-19)25-24-21(23-20)13-7-8-14-21/h1-6,9-12,15,20H,7-8,13-14,16H2/t20-,22-/m1/s1. The van der Waals surface area contributed by atoms with Crippen LogP contribution in [0.15, 0.2) is 66.7 Å². The van der Waals surface area contributed by atoms with Gasteiger partial charge in [-0.05, 0) is 35.6 Å². The van der Waals surface area contributed by atoms with Crippen LogP contribution in [0, 0.1) is 0 Å². The molecule has 0 unspecified atom stereocenters. The maximum Gasteiger partial charge on any atom is 0.202 e. The lowest BCUT2D eigenvalue weighted by Gasteiger charge is -2.45. The number of rotatable bonds is 2. The maximum atomic E-state index is 6.54. The highest BCUT2D eigenvalue weighted by Crippen LogP contribution is 2.53. The molecule has 1 aliphatic heterocycles. The van der Waals surface area contributed by atoms with E-state index in [2.05, 4.69) is 42.5 Å². The normalized spacial score (nSPS) is 30.2. The van der Waals surface area contributed by atoms with E-state index in [4.69, 9.17) is 14.5 Å². The van der Waals surface area contributed by atoms with Gasteiger partial charge in [-0.1, -0.05) is 60.7 Å². The van der Waals surface area contributed by atoms with Crippen molar-refractivity contribution in [2.45, 2.75) is 49.6 Å². The molecule has 1 saturated carbocycles. The minimum Gasteiger partial charge on any atom is -0.336 e. The second-order valence-corrected chi connectivity index (χ2v) is 7.31. The summed E-state index contributed by atoms with van der Waals surface area (Å²) in [5, 5.41) is 0. The van der Waals surface area contributed by atoms with Crippen molar-refractivity contribution in [1.29, 1.82) is 0 Å². The van der Waals surface area contributed by atoms with Gasteiger partial charge in [0.1, 0.15) is 6.10 Å². The van der Waals surface area contributed by atoms with Crippen LogP contribution in [0.4, 0.5) is 0 Å². The van der Waals surface area contributed by atoms with Gasteiger partial charge in [0.2, 0.25) is 5.79 Å². The summed E-state index contributed by atoms with van der Waals surface area (Å²) in [6, 6.07) is 20.8. The van der Waals surface area contributed by atoms with E-state index in [1.165, 1.54) is 11.1 Å². The summed E-state index contributed by atoms with van der Waals surface area (Å²) in [6.07, 6.45) is 6.93. The average molecular weight is 334 g/mol. The van der Waals surface area contributed by atoms with E-state index in [9.17, 15) is 0 Å². The van der Waals surface area contributed by atoms with E-state index in [0.29, 0.717) is 0 Å². The van der Waals surface area contributed by atoms with Crippen molar-refractivity contribution in [2.24, 2.45) is 0 Å². The molecule has 5 rings (SSSR count). The Bertz CT molecular complexity index is 777. The largest absolute Gasteiger partial charge is 0.336 e. The summed E-state index contributed by atoms with van der Waals surface area (Å²) in [7, 11) is 0. The van der Waals surface area contributed by atoms with Crippen LogP contribution in [0.25, 0.3) is 5.57 Å². The molecular formula is C22H22O3. The first-order valence-corrected chi connectivity index (χ1v) is 9.16. The van der Waals surface area contributed by atoms with E-state index in [1.54, 1.807) is 0 Å². The van der Waals surface area contributed by atoms with Crippen LogP contribution in [-0.4, -0.2) is 11.9 Å². The highest BCUT2D eigenvalue weighted by molar-refractivity contribution is 5.70. The van der Waals surface area contributed by atoms with Crippen LogP contribution in [0.2, 0.25) is 0 Å². The van der Waals surface area contributed by atoms with Gasteiger partial charge < -0.3 is 4.74 Å². The minimum atomic E-state index is -0.597. The Kier molecular flexibility index (Phi) is 3.56. The van der Waals surface area contributed by atoms with Crippen molar-refractivity contribution >= 4 is 5.57 Å². The molecule has 3 heteroatoms. The monoisotopic (exact) mass is 334 g/mol. The maximum absolute atomic E-state index is 6.54. The Labute approximate surface area is 148 Å². The molecule has 0 N–H and O–H groups in total. The molecule has 25 heavy (non-hydrogen) atoms. The van der Waals surface area contributed by atoms with Crippen LogP contribution in [0.3, 0.4) is 0 Å². The Hall–Kier alpha value is -1.94. The molecule has 2 atom stereocenters. The van der Waals surface area contributed by atoms with E-state index in [-0.39, 0.29) is 6.10 Å². The van der Waals surface area contributed by atoms with Crippen LogP contribution in [-0.2, 0) is 20.1 Å². The molecule has 0 amide bonds. The molecule has 128 valence electrons. The van der Waals surface area contributed by atoms with Crippen LogP contribution >= 0.6 is 0 Å². The topological polar surface area (TPSA) is 27.7 Å². The zero-order valence-electron chi connectivity index (χ0n) is 14.2. The second kappa shape index (κ2) is 5.80. The number of benzene rings is 2. The summed E-state index contributed by atoms with van der Waals surface area (Å²) in [4.78, 5) is 12.1. The van der Waals surface area contributed by atoms with Crippen molar-refractivity contribution < 1.29 is 14.5 Å². The van der Waals surface area contributed by atoms with Crippen molar-refractivity contribution in [3.63, 3.8) is 0 Å². The molecule has 0 radical (unpaired) electrons. The minimum absolute atomic E-state index is 0.128. The Morgan fingerprint density at radius 2 is 1.48 bits per heavy atom.